The van der Waals surface area contributed by atoms with Crippen LogP contribution in [0.2, 0.25) is 0 Å². The molecule has 0 aliphatic carbocycles. The van der Waals surface area contributed by atoms with Crippen molar-refractivity contribution < 1.29 is 4.79 Å². The van der Waals surface area contributed by atoms with Gasteiger partial charge in [-0.1, -0.05) is 12.1 Å². The van der Waals surface area contributed by atoms with E-state index in [0.29, 0.717) is 0 Å². The molecule has 1 atom stereocenters. The molecule has 5 nitrogen and oxygen atoms in total. The number of anilines is 1. The van der Waals surface area contributed by atoms with Crippen molar-refractivity contribution in [1.29, 1.82) is 0 Å². The lowest BCUT2D eigenvalue weighted by atomic mass is 9.97. The number of rotatable bonds is 3. The number of H-pyrrole nitrogens is 1. The van der Waals surface area contributed by atoms with Crippen molar-refractivity contribution in [2.45, 2.75) is 12.8 Å². The number of piperidine rings is 1. The molecule has 1 amide bonds. The van der Waals surface area contributed by atoms with Crippen LogP contribution in [0.5, 0.6) is 0 Å². The van der Waals surface area contributed by atoms with Crippen LogP contribution < -0.4 is 5.32 Å². The van der Waals surface area contributed by atoms with Crippen LogP contribution in [0.1, 0.15) is 12.8 Å². The summed E-state index contributed by atoms with van der Waals surface area (Å²) in [4.78, 5) is 22.6. The van der Waals surface area contributed by atoms with Gasteiger partial charge >= 0.3 is 0 Å². The smallest absolute Gasteiger partial charge is 0.228 e. The third-order valence-corrected chi connectivity index (χ3v) is 4.81. The van der Waals surface area contributed by atoms with Crippen molar-refractivity contribution in [3.8, 4) is 11.4 Å². The Bertz CT molecular complexity index is 851. The molecule has 0 saturated carbocycles. The van der Waals surface area contributed by atoms with Crippen molar-refractivity contribution in [1.82, 2.24) is 14.9 Å². The minimum atomic E-state index is 0.0776. The first-order chi connectivity index (χ1) is 12.2. The molecule has 1 aliphatic rings. The Balaban J connectivity index is 1.47. The Kier molecular flexibility index (Phi) is 4.24. The number of aromatic amines is 1. The van der Waals surface area contributed by atoms with Gasteiger partial charge in [-0.05, 0) is 62.8 Å². The van der Waals surface area contributed by atoms with E-state index in [1.165, 1.54) is 0 Å². The number of fused-ring (bicyclic) bond motifs is 1. The average molecular weight is 334 g/mol. The van der Waals surface area contributed by atoms with Crippen molar-refractivity contribution in [3.63, 3.8) is 0 Å². The molecule has 1 saturated heterocycles. The minimum absolute atomic E-state index is 0.0776. The maximum atomic E-state index is 12.4. The maximum Gasteiger partial charge on any atom is 0.228 e. The number of carbonyl (C=O) groups is 1. The molecule has 2 N–H and O–H groups in total. The summed E-state index contributed by atoms with van der Waals surface area (Å²) >= 11 is 0. The lowest BCUT2D eigenvalue weighted by Crippen LogP contribution is -2.38. The van der Waals surface area contributed by atoms with Gasteiger partial charge in [0.1, 0.15) is 5.82 Å². The number of imidazole rings is 1. The molecule has 0 radical (unpaired) electrons. The number of nitrogens with zero attached hydrogens (tertiary/aromatic N) is 2. The van der Waals surface area contributed by atoms with Gasteiger partial charge in [-0.15, -0.1) is 0 Å². The van der Waals surface area contributed by atoms with Gasteiger partial charge in [0.25, 0.3) is 0 Å². The Morgan fingerprint density at radius 1 is 1.20 bits per heavy atom. The molecule has 1 fully saturated rings. The highest BCUT2D eigenvalue weighted by atomic mass is 16.1. The molecule has 2 aromatic carbocycles. The monoisotopic (exact) mass is 334 g/mol. The van der Waals surface area contributed by atoms with Gasteiger partial charge < -0.3 is 15.2 Å². The summed E-state index contributed by atoms with van der Waals surface area (Å²) in [5, 5.41) is 3.04. The second-order valence-electron chi connectivity index (χ2n) is 6.77. The number of carbonyl (C=O) groups excluding carboxylic acids is 1. The summed E-state index contributed by atoms with van der Waals surface area (Å²) in [6.07, 6.45) is 2.05. The predicted molar refractivity (Wildman–Crippen MR) is 100 cm³/mol. The van der Waals surface area contributed by atoms with E-state index >= 15 is 0 Å². The third kappa shape index (κ3) is 3.42. The molecule has 128 valence electrons. The van der Waals surface area contributed by atoms with Crippen LogP contribution in [0.15, 0.2) is 48.5 Å². The lowest BCUT2D eigenvalue weighted by molar-refractivity contribution is -0.121. The lowest BCUT2D eigenvalue weighted by Gasteiger charge is -2.28. The van der Waals surface area contributed by atoms with E-state index in [9.17, 15) is 4.79 Å². The van der Waals surface area contributed by atoms with Crippen LogP contribution in [0.3, 0.4) is 0 Å². The molecular weight excluding hydrogens is 312 g/mol. The molecule has 1 aromatic heterocycles. The Morgan fingerprint density at radius 3 is 2.76 bits per heavy atom. The SMILES string of the molecule is CN1CCC[C@H](C(=O)Nc2ccc(-c3nc4ccccc4[nH]3)cc2)C1. The zero-order valence-corrected chi connectivity index (χ0v) is 14.3. The Labute approximate surface area is 147 Å². The third-order valence-electron chi connectivity index (χ3n) is 4.81. The highest BCUT2D eigenvalue weighted by Crippen LogP contribution is 2.23. The molecule has 0 bridgehead atoms. The second kappa shape index (κ2) is 6.69. The number of benzene rings is 2. The zero-order valence-electron chi connectivity index (χ0n) is 14.3. The van der Waals surface area contributed by atoms with Crippen LogP contribution in [-0.2, 0) is 4.79 Å². The van der Waals surface area contributed by atoms with Crippen molar-refractivity contribution in [2.24, 2.45) is 5.92 Å². The Morgan fingerprint density at radius 2 is 2.00 bits per heavy atom. The van der Waals surface area contributed by atoms with E-state index in [-0.39, 0.29) is 11.8 Å². The van der Waals surface area contributed by atoms with Gasteiger partial charge in [-0.25, -0.2) is 4.98 Å². The van der Waals surface area contributed by atoms with Crippen LogP contribution in [0, 0.1) is 5.92 Å². The number of para-hydroxylation sites is 2. The van der Waals surface area contributed by atoms with E-state index in [1.807, 2.05) is 48.5 Å². The molecule has 4 rings (SSSR count). The van der Waals surface area contributed by atoms with E-state index in [1.54, 1.807) is 0 Å². The van der Waals surface area contributed by atoms with E-state index in [4.69, 9.17) is 0 Å². The highest BCUT2D eigenvalue weighted by molar-refractivity contribution is 5.93. The first-order valence-electron chi connectivity index (χ1n) is 8.73. The first-order valence-corrected chi connectivity index (χ1v) is 8.73. The van der Waals surface area contributed by atoms with E-state index in [2.05, 4.69) is 27.2 Å². The van der Waals surface area contributed by atoms with Crippen LogP contribution in [0.25, 0.3) is 22.4 Å². The number of likely N-dealkylation sites (tertiary alicyclic amines) is 1. The first kappa shape index (κ1) is 15.8. The number of amides is 1. The second-order valence-corrected chi connectivity index (χ2v) is 6.77. The van der Waals surface area contributed by atoms with E-state index in [0.717, 1.165) is 54.0 Å². The summed E-state index contributed by atoms with van der Waals surface area (Å²) < 4.78 is 0. The molecule has 1 aliphatic heterocycles. The van der Waals surface area contributed by atoms with Gasteiger partial charge in [0.05, 0.1) is 17.0 Å². The summed E-state index contributed by atoms with van der Waals surface area (Å²) in [7, 11) is 2.07. The summed E-state index contributed by atoms with van der Waals surface area (Å²) in [5.41, 5.74) is 3.82. The van der Waals surface area contributed by atoms with Crippen LogP contribution >= 0.6 is 0 Å². The van der Waals surface area contributed by atoms with Crippen molar-refractivity contribution in [3.05, 3.63) is 48.5 Å². The molecule has 2 heterocycles. The van der Waals surface area contributed by atoms with Gasteiger partial charge in [0.2, 0.25) is 5.91 Å². The fraction of sp³-hybridized carbons (Fsp3) is 0.300. The molecule has 5 heteroatoms. The van der Waals surface area contributed by atoms with Crippen LogP contribution in [-0.4, -0.2) is 40.9 Å². The van der Waals surface area contributed by atoms with Crippen LogP contribution in [0.4, 0.5) is 5.69 Å². The normalized spacial score (nSPS) is 18.4. The highest BCUT2D eigenvalue weighted by Gasteiger charge is 2.23. The minimum Gasteiger partial charge on any atom is -0.338 e. The predicted octanol–water partition coefficient (Wildman–Crippen LogP) is 3.51. The largest absolute Gasteiger partial charge is 0.338 e. The standard InChI is InChI=1S/C20H22N4O/c1-24-12-4-5-15(13-24)20(25)21-16-10-8-14(9-11-16)19-22-17-6-2-3-7-18(17)23-19/h2-3,6-11,15H,4-5,12-13H2,1H3,(H,21,25)(H,22,23)/t15-/m0/s1. The summed E-state index contributed by atoms with van der Waals surface area (Å²) in [5.74, 6) is 1.03. The number of hydrogen-bond donors (Lipinski definition) is 2. The zero-order chi connectivity index (χ0) is 17.2. The van der Waals surface area contributed by atoms with E-state index < -0.39 is 0 Å². The summed E-state index contributed by atoms with van der Waals surface area (Å²) in [6, 6.07) is 15.8. The summed E-state index contributed by atoms with van der Waals surface area (Å²) in [6.45, 7) is 1.92. The maximum absolute atomic E-state index is 12.4. The number of aromatic nitrogens is 2. The molecule has 25 heavy (non-hydrogen) atoms. The molecule has 0 spiro atoms. The fourth-order valence-corrected chi connectivity index (χ4v) is 3.43. The molecular formula is C20H22N4O. The van der Waals surface area contributed by atoms with Crippen molar-refractivity contribution in [2.75, 3.05) is 25.5 Å². The molecule has 3 aromatic rings. The van der Waals surface area contributed by atoms with Gasteiger partial charge in [0.15, 0.2) is 0 Å². The quantitative estimate of drug-likeness (QED) is 0.770. The number of hydrogen-bond acceptors (Lipinski definition) is 3. The Hall–Kier alpha value is -2.66. The number of nitrogens with one attached hydrogen (secondary N) is 2. The molecule has 0 unspecified atom stereocenters. The topological polar surface area (TPSA) is 61.0 Å². The van der Waals surface area contributed by atoms with Crippen molar-refractivity contribution >= 4 is 22.6 Å². The van der Waals surface area contributed by atoms with Gasteiger partial charge in [-0.3, -0.25) is 4.79 Å². The van der Waals surface area contributed by atoms with Gasteiger partial charge in [-0.2, -0.15) is 0 Å². The fourth-order valence-electron chi connectivity index (χ4n) is 3.43. The van der Waals surface area contributed by atoms with Gasteiger partial charge in [0, 0.05) is 17.8 Å². The average Bonchev–Trinajstić information content (AvgIpc) is 3.06.